The summed E-state index contributed by atoms with van der Waals surface area (Å²) in [7, 11) is 1.47. The summed E-state index contributed by atoms with van der Waals surface area (Å²) in [4.78, 5) is 26.1. The number of hydrogen-bond donors (Lipinski definition) is 2. The summed E-state index contributed by atoms with van der Waals surface area (Å²) in [6.45, 7) is 1.52. The average Bonchev–Trinajstić information content (AvgIpc) is 3.47. The van der Waals surface area contributed by atoms with E-state index < -0.39 is 10.0 Å². The summed E-state index contributed by atoms with van der Waals surface area (Å²) in [5.41, 5.74) is 11.9. The second-order valence-corrected chi connectivity index (χ2v) is 14.8. The normalized spacial score (nSPS) is 21.1. The summed E-state index contributed by atoms with van der Waals surface area (Å²) in [6, 6.07) is 16.7. The Kier molecular flexibility index (Phi) is 6.75. The lowest BCUT2D eigenvalue weighted by Crippen LogP contribution is -2.41. The summed E-state index contributed by atoms with van der Waals surface area (Å²) in [6.07, 6.45) is 4.38. The number of ether oxygens (including phenoxy) is 1. The minimum absolute atomic E-state index is 0.0220. The molecule has 3 atom stereocenters. The molecule has 3 unspecified atom stereocenters. The number of aromatic nitrogens is 4. The maximum absolute atomic E-state index is 13.7. The minimum atomic E-state index is -3.53. The summed E-state index contributed by atoms with van der Waals surface area (Å²) in [5.74, 6) is 2.29. The van der Waals surface area contributed by atoms with Gasteiger partial charge in [-0.05, 0) is 87.0 Å². The fourth-order valence-corrected chi connectivity index (χ4v) is 8.14. The average molecular weight is 640 g/mol. The molecule has 2 aliphatic carbocycles. The van der Waals surface area contributed by atoms with Crippen LogP contribution in [0.5, 0.6) is 5.75 Å². The number of carbonyl (C=O) groups excluding carboxylic acids is 1. The van der Waals surface area contributed by atoms with Crippen LogP contribution in [0.25, 0.3) is 44.8 Å². The van der Waals surface area contributed by atoms with Gasteiger partial charge in [-0.15, -0.1) is 0 Å². The second-order valence-electron chi connectivity index (χ2n) is 12.9. The Morgan fingerprint density at radius 3 is 2.48 bits per heavy atom. The van der Waals surface area contributed by atoms with Gasteiger partial charge in [0, 0.05) is 48.7 Å². The van der Waals surface area contributed by atoms with E-state index in [0.29, 0.717) is 35.2 Å². The molecule has 2 bridgehead atoms. The molecule has 1 saturated heterocycles. The zero-order valence-electron chi connectivity index (χ0n) is 26.1. The molecule has 4 heterocycles. The molecule has 12 heteroatoms. The molecule has 2 saturated carbocycles. The number of hydrogen-bond acceptors (Lipinski definition) is 7. The molecule has 3 N–H and O–H groups in total. The van der Waals surface area contributed by atoms with E-state index in [9.17, 15) is 13.2 Å². The number of nitrogens with zero attached hydrogens (tertiary/aromatic N) is 5. The standard InChI is InChI=1S/C34H37N7O4S/c1-36-46(43,44)24-10-6-20(7-11-24)25-12-8-21-15-28(40(32(21)37-25)17-19-4-5-19)33-38-26-14-23(16-29(45-3)31(26)39(33)2)34(42)41-18-22-9-13-27(41)30(22)35/h6-8,10-12,14-16,19,22,27,30,36H,4-5,9,13,17-18,35H2,1-3H3. The minimum Gasteiger partial charge on any atom is -0.494 e. The molecule has 1 aliphatic heterocycles. The largest absolute Gasteiger partial charge is 0.494 e. The Balaban J connectivity index is 1.21. The highest BCUT2D eigenvalue weighted by atomic mass is 32.2. The quantitative estimate of drug-likeness (QED) is 0.260. The van der Waals surface area contributed by atoms with Crippen LogP contribution >= 0.6 is 0 Å². The van der Waals surface area contributed by atoms with Crippen molar-refractivity contribution in [2.75, 3.05) is 20.7 Å². The third-order valence-corrected chi connectivity index (χ3v) is 11.6. The topological polar surface area (TPSA) is 137 Å². The Labute approximate surface area is 267 Å². The van der Waals surface area contributed by atoms with Gasteiger partial charge in [0.15, 0.2) is 5.82 Å². The van der Waals surface area contributed by atoms with Gasteiger partial charge in [-0.3, -0.25) is 4.79 Å². The number of piperidine rings is 1. The first-order valence-corrected chi connectivity index (χ1v) is 17.3. The molecule has 46 heavy (non-hydrogen) atoms. The van der Waals surface area contributed by atoms with Gasteiger partial charge < -0.3 is 24.5 Å². The molecule has 0 radical (unpaired) electrons. The number of rotatable bonds is 8. The first kappa shape index (κ1) is 29.2. The smallest absolute Gasteiger partial charge is 0.254 e. The van der Waals surface area contributed by atoms with E-state index in [1.54, 1.807) is 31.4 Å². The number of benzene rings is 2. The van der Waals surface area contributed by atoms with Crippen molar-refractivity contribution in [3.05, 3.63) is 60.2 Å². The van der Waals surface area contributed by atoms with Crippen LogP contribution in [0.2, 0.25) is 0 Å². The van der Waals surface area contributed by atoms with E-state index in [1.165, 1.54) is 19.9 Å². The van der Waals surface area contributed by atoms with Gasteiger partial charge in [0.2, 0.25) is 10.0 Å². The van der Waals surface area contributed by atoms with E-state index in [4.69, 9.17) is 20.4 Å². The lowest BCUT2D eigenvalue weighted by molar-refractivity contribution is 0.0700. The third kappa shape index (κ3) is 4.61. The van der Waals surface area contributed by atoms with Crippen LogP contribution in [0.15, 0.2) is 59.5 Å². The van der Waals surface area contributed by atoms with E-state index in [-0.39, 0.29) is 22.9 Å². The molecule has 3 aromatic heterocycles. The number of nitrogens with two attached hydrogens (primary N) is 1. The van der Waals surface area contributed by atoms with Gasteiger partial charge in [0.25, 0.3) is 5.91 Å². The van der Waals surface area contributed by atoms with Crippen LogP contribution < -0.4 is 15.2 Å². The van der Waals surface area contributed by atoms with Gasteiger partial charge >= 0.3 is 0 Å². The van der Waals surface area contributed by atoms with Crippen molar-refractivity contribution in [3.63, 3.8) is 0 Å². The molecule has 8 rings (SSSR count). The van der Waals surface area contributed by atoms with E-state index in [2.05, 4.69) is 21.4 Å². The predicted molar refractivity (Wildman–Crippen MR) is 176 cm³/mol. The van der Waals surface area contributed by atoms with Crippen molar-refractivity contribution < 1.29 is 17.9 Å². The Morgan fingerprint density at radius 2 is 1.83 bits per heavy atom. The fraction of sp³-hybridized carbons (Fsp3) is 0.382. The molecular formula is C34H37N7O4S. The highest BCUT2D eigenvalue weighted by molar-refractivity contribution is 7.89. The Bertz CT molecular complexity index is 2130. The van der Waals surface area contributed by atoms with Gasteiger partial charge in [0.05, 0.1) is 28.9 Å². The molecule has 11 nitrogen and oxygen atoms in total. The number of likely N-dealkylation sites (tertiary alicyclic amines) is 1. The van der Waals surface area contributed by atoms with Crippen LogP contribution in [-0.2, 0) is 23.6 Å². The fourth-order valence-electron chi connectivity index (χ4n) is 7.41. The number of nitrogens with one attached hydrogen (secondary N) is 1. The summed E-state index contributed by atoms with van der Waals surface area (Å²) < 4.78 is 36.9. The zero-order chi connectivity index (χ0) is 31.9. The number of methoxy groups -OCH3 is 1. The van der Waals surface area contributed by atoms with Crippen LogP contribution in [0, 0.1) is 11.8 Å². The van der Waals surface area contributed by atoms with Gasteiger partial charge in [-0.2, -0.15) is 0 Å². The van der Waals surface area contributed by atoms with Gasteiger partial charge in [-0.25, -0.2) is 23.1 Å². The first-order chi connectivity index (χ1) is 22.2. The lowest BCUT2D eigenvalue weighted by atomic mass is 10.1. The molecule has 238 valence electrons. The van der Waals surface area contributed by atoms with Crippen molar-refractivity contribution in [1.29, 1.82) is 0 Å². The molecule has 2 aromatic carbocycles. The monoisotopic (exact) mass is 639 g/mol. The van der Waals surface area contributed by atoms with Crippen molar-refractivity contribution >= 4 is 38.0 Å². The number of fused-ring (bicyclic) bond motifs is 4. The number of aryl methyl sites for hydroxylation is 1. The molecule has 3 fully saturated rings. The Hall–Kier alpha value is -4.26. The summed E-state index contributed by atoms with van der Waals surface area (Å²) >= 11 is 0. The molecule has 5 aromatic rings. The highest BCUT2D eigenvalue weighted by Gasteiger charge is 2.47. The number of sulfonamides is 1. The maximum Gasteiger partial charge on any atom is 0.254 e. The van der Waals surface area contributed by atoms with E-state index in [0.717, 1.165) is 58.7 Å². The SMILES string of the molecule is CNS(=O)(=O)c1ccc(-c2ccc3cc(-c4nc5cc(C(=O)N6CC7CCC6C7N)cc(OC)c5n4C)n(CC4CC4)c3n2)cc1. The van der Waals surface area contributed by atoms with Crippen LogP contribution in [-0.4, -0.2) is 71.1 Å². The maximum atomic E-state index is 13.7. The second kappa shape index (κ2) is 10.6. The van der Waals surface area contributed by atoms with Crippen molar-refractivity contribution in [1.82, 2.24) is 28.7 Å². The predicted octanol–water partition coefficient (Wildman–Crippen LogP) is 4.15. The van der Waals surface area contributed by atoms with Gasteiger partial charge in [-0.1, -0.05) is 12.1 Å². The summed E-state index contributed by atoms with van der Waals surface area (Å²) in [5, 5.41) is 0.990. The van der Waals surface area contributed by atoms with Crippen LogP contribution in [0.1, 0.15) is 36.0 Å². The number of imidazole rings is 1. The molecule has 0 spiro atoms. The lowest BCUT2D eigenvalue weighted by Gasteiger charge is -2.27. The first-order valence-electron chi connectivity index (χ1n) is 15.8. The van der Waals surface area contributed by atoms with Crippen molar-refractivity contribution in [2.45, 2.75) is 49.2 Å². The van der Waals surface area contributed by atoms with E-state index in [1.807, 2.05) is 34.7 Å². The molecular weight excluding hydrogens is 602 g/mol. The molecule has 1 amide bonds. The van der Waals surface area contributed by atoms with Crippen LogP contribution in [0.3, 0.4) is 0 Å². The van der Waals surface area contributed by atoms with Crippen molar-refractivity contribution in [3.8, 4) is 28.5 Å². The Morgan fingerprint density at radius 1 is 1.04 bits per heavy atom. The third-order valence-electron chi connectivity index (χ3n) is 10.2. The van der Waals surface area contributed by atoms with Crippen LogP contribution in [0.4, 0.5) is 0 Å². The van der Waals surface area contributed by atoms with E-state index >= 15 is 0 Å². The highest BCUT2D eigenvalue weighted by Crippen LogP contribution is 2.40. The zero-order valence-corrected chi connectivity index (χ0v) is 26.9. The van der Waals surface area contributed by atoms with Gasteiger partial charge in [0.1, 0.15) is 16.9 Å². The number of pyridine rings is 1. The number of carbonyl (C=O) groups is 1. The number of amides is 1. The van der Waals surface area contributed by atoms with Crippen molar-refractivity contribution in [2.24, 2.45) is 24.6 Å². The molecule has 3 aliphatic rings.